The molecule has 66 valence electrons. The lowest BCUT2D eigenvalue weighted by Crippen LogP contribution is -2.51. The Balaban J connectivity index is 2.51. The first kappa shape index (κ1) is 9.05. The van der Waals surface area contributed by atoms with Gasteiger partial charge >= 0.3 is 0 Å². The minimum absolute atomic E-state index is 0.373. The van der Waals surface area contributed by atoms with Crippen molar-refractivity contribution in [3.8, 4) is 0 Å². The molecule has 0 aliphatic carbocycles. The van der Waals surface area contributed by atoms with E-state index < -0.39 is 0 Å². The van der Waals surface area contributed by atoms with Crippen LogP contribution in [0.4, 0.5) is 0 Å². The van der Waals surface area contributed by atoms with Crippen LogP contribution >= 0.6 is 0 Å². The SMILES string of the molecule is CC[C@@H]1CC(C)CC(C)(C)N1. The van der Waals surface area contributed by atoms with E-state index in [0.29, 0.717) is 5.54 Å². The van der Waals surface area contributed by atoms with Gasteiger partial charge in [0.1, 0.15) is 0 Å². The highest BCUT2D eigenvalue weighted by Gasteiger charge is 2.29. The topological polar surface area (TPSA) is 12.0 Å². The standard InChI is InChI=1S/C10H21N/c1-5-9-6-8(2)7-10(3,4)11-9/h8-9,11H,5-7H2,1-4H3/t8?,9-/m1/s1. The van der Waals surface area contributed by atoms with E-state index in [9.17, 15) is 0 Å². The van der Waals surface area contributed by atoms with Crippen molar-refractivity contribution >= 4 is 0 Å². The van der Waals surface area contributed by atoms with Crippen LogP contribution in [0.1, 0.15) is 47.0 Å². The van der Waals surface area contributed by atoms with Crippen LogP contribution in [0, 0.1) is 5.92 Å². The molecule has 0 radical (unpaired) electrons. The molecule has 0 saturated carbocycles. The van der Waals surface area contributed by atoms with Crippen molar-refractivity contribution in [2.24, 2.45) is 5.92 Å². The van der Waals surface area contributed by atoms with Gasteiger partial charge in [0.05, 0.1) is 0 Å². The molecule has 0 aromatic heterocycles. The average molecular weight is 155 g/mol. The molecule has 1 nitrogen and oxygen atoms in total. The first-order valence-corrected chi connectivity index (χ1v) is 4.81. The van der Waals surface area contributed by atoms with Crippen molar-refractivity contribution in [2.75, 3.05) is 0 Å². The van der Waals surface area contributed by atoms with E-state index in [1.807, 2.05) is 0 Å². The van der Waals surface area contributed by atoms with Crippen LogP contribution in [0.2, 0.25) is 0 Å². The Bertz CT molecular complexity index is 129. The lowest BCUT2D eigenvalue weighted by Gasteiger charge is -2.40. The third-order valence-corrected chi connectivity index (χ3v) is 2.63. The summed E-state index contributed by atoms with van der Waals surface area (Å²) in [6.45, 7) is 9.26. The Hall–Kier alpha value is -0.0400. The molecule has 1 N–H and O–H groups in total. The fraction of sp³-hybridized carbons (Fsp3) is 1.00. The van der Waals surface area contributed by atoms with Crippen molar-refractivity contribution in [3.63, 3.8) is 0 Å². The number of hydrogen-bond donors (Lipinski definition) is 1. The van der Waals surface area contributed by atoms with Crippen molar-refractivity contribution in [1.29, 1.82) is 0 Å². The van der Waals surface area contributed by atoms with Crippen molar-refractivity contribution in [1.82, 2.24) is 5.32 Å². The van der Waals surface area contributed by atoms with E-state index in [-0.39, 0.29) is 0 Å². The monoisotopic (exact) mass is 155 g/mol. The second-order valence-corrected chi connectivity index (χ2v) is 4.68. The highest BCUT2D eigenvalue weighted by atomic mass is 15.0. The summed E-state index contributed by atoms with van der Waals surface area (Å²) in [7, 11) is 0. The number of rotatable bonds is 1. The molecule has 1 aliphatic heterocycles. The Labute approximate surface area is 70.6 Å². The number of nitrogens with one attached hydrogen (secondary N) is 1. The van der Waals surface area contributed by atoms with Crippen molar-refractivity contribution in [3.05, 3.63) is 0 Å². The van der Waals surface area contributed by atoms with E-state index in [1.54, 1.807) is 0 Å². The molecule has 0 aromatic carbocycles. The van der Waals surface area contributed by atoms with Crippen LogP contribution in [-0.2, 0) is 0 Å². The zero-order valence-corrected chi connectivity index (χ0v) is 8.28. The fourth-order valence-electron chi connectivity index (χ4n) is 2.38. The normalized spacial score (nSPS) is 37.1. The summed E-state index contributed by atoms with van der Waals surface area (Å²) in [6.07, 6.45) is 3.96. The van der Waals surface area contributed by atoms with Gasteiger partial charge in [-0.05, 0) is 39.0 Å². The molecule has 1 heteroatoms. The van der Waals surface area contributed by atoms with Crippen LogP contribution in [0.5, 0.6) is 0 Å². The maximum absolute atomic E-state index is 3.67. The van der Waals surface area contributed by atoms with Gasteiger partial charge in [-0.2, -0.15) is 0 Å². The molecule has 1 fully saturated rings. The van der Waals surface area contributed by atoms with Gasteiger partial charge in [0.15, 0.2) is 0 Å². The fourth-order valence-corrected chi connectivity index (χ4v) is 2.38. The smallest absolute Gasteiger partial charge is 0.0130 e. The summed E-state index contributed by atoms with van der Waals surface area (Å²) in [5.41, 5.74) is 0.373. The third-order valence-electron chi connectivity index (χ3n) is 2.63. The van der Waals surface area contributed by atoms with E-state index in [0.717, 1.165) is 12.0 Å². The second kappa shape index (κ2) is 3.14. The first-order valence-electron chi connectivity index (χ1n) is 4.81. The van der Waals surface area contributed by atoms with Crippen LogP contribution in [0.15, 0.2) is 0 Å². The van der Waals surface area contributed by atoms with Crippen molar-refractivity contribution in [2.45, 2.75) is 58.5 Å². The molecule has 1 aliphatic rings. The molecular weight excluding hydrogens is 134 g/mol. The van der Waals surface area contributed by atoms with Gasteiger partial charge in [0.25, 0.3) is 0 Å². The number of piperidine rings is 1. The van der Waals surface area contributed by atoms with Crippen LogP contribution < -0.4 is 5.32 Å². The minimum atomic E-state index is 0.373. The second-order valence-electron chi connectivity index (χ2n) is 4.68. The van der Waals surface area contributed by atoms with E-state index in [1.165, 1.54) is 19.3 Å². The van der Waals surface area contributed by atoms with Gasteiger partial charge < -0.3 is 5.32 Å². The van der Waals surface area contributed by atoms with E-state index >= 15 is 0 Å². The molecule has 1 saturated heterocycles. The number of hydrogen-bond acceptors (Lipinski definition) is 1. The highest BCUT2D eigenvalue weighted by molar-refractivity contribution is 4.89. The first-order chi connectivity index (χ1) is 5.03. The molecule has 11 heavy (non-hydrogen) atoms. The Kier molecular flexibility index (Phi) is 2.58. The van der Waals surface area contributed by atoms with Gasteiger partial charge in [-0.3, -0.25) is 0 Å². The molecular formula is C10H21N. The third kappa shape index (κ3) is 2.48. The molecule has 1 unspecified atom stereocenters. The van der Waals surface area contributed by atoms with Crippen molar-refractivity contribution < 1.29 is 0 Å². The Morgan fingerprint density at radius 2 is 2.09 bits per heavy atom. The Morgan fingerprint density at radius 1 is 1.45 bits per heavy atom. The quantitative estimate of drug-likeness (QED) is 0.613. The van der Waals surface area contributed by atoms with Gasteiger partial charge in [-0.15, -0.1) is 0 Å². The molecule has 0 spiro atoms. The highest BCUT2D eigenvalue weighted by Crippen LogP contribution is 2.27. The van der Waals surface area contributed by atoms with E-state index in [4.69, 9.17) is 0 Å². The summed E-state index contributed by atoms with van der Waals surface area (Å²) in [5.74, 6) is 0.899. The predicted molar refractivity (Wildman–Crippen MR) is 49.7 cm³/mol. The summed E-state index contributed by atoms with van der Waals surface area (Å²) >= 11 is 0. The maximum atomic E-state index is 3.67. The van der Waals surface area contributed by atoms with Crippen LogP contribution in [-0.4, -0.2) is 11.6 Å². The maximum Gasteiger partial charge on any atom is 0.0130 e. The lowest BCUT2D eigenvalue weighted by atomic mass is 9.81. The summed E-state index contributed by atoms with van der Waals surface area (Å²) < 4.78 is 0. The molecule has 1 heterocycles. The largest absolute Gasteiger partial charge is 0.309 e. The zero-order valence-electron chi connectivity index (χ0n) is 8.28. The molecule has 0 aromatic rings. The zero-order chi connectivity index (χ0) is 8.48. The van der Waals surface area contributed by atoms with Crippen LogP contribution in [0.25, 0.3) is 0 Å². The lowest BCUT2D eigenvalue weighted by molar-refractivity contribution is 0.187. The van der Waals surface area contributed by atoms with E-state index in [2.05, 4.69) is 33.0 Å². The molecule has 0 bridgehead atoms. The Morgan fingerprint density at radius 3 is 2.55 bits per heavy atom. The van der Waals surface area contributed by atoms with Gasteiger partial charge in [-0.1, -0.05) is 13.8 Å². The predicted octanol–water partition coefficient (Wildman–Crippen LogP) is 2.56. The molecule has 1 rings (SSSR count). The minimum Gasteiger partial charge on any atom is -0.309 e. The molecule has 2 atom stereocenters. The summed E-state index contributed by atoms with van der Waals surface area (Å²) in [4.78, 5) is 0. The van der Waals surface area contributed by atoms with Gasteiger partial charge in [0.2, 0.25) is 0 Å². The summed E-state index contributed by atoms with van der Waals surface area (Å²) in [6, 6.07) is 0.758. The molecule has 0 amide bonds. The average Bonchev–Trinajstić information content (AvgIpc) is 1.83. The summed E-state index contributed by atoms with van der Waals surface area (Å²) in [5, 5.41) is 3.67. The van der Waals surface area contributed by atoms with Crippen LogP contribution in [0.3, 0.4) is 0 Å². The van der Waals surface area contributed by atoms with Gasteiger partial charge in [0, 0.05) is 11.6 Å². The van der Waals surface area contributed by atoms with Gasteiger partial charge in [-0.25, -0.2) is 0 Å².